The fourth-order valence-corrected chi connectivity index (χ4v) is 3.25. The molecule has 0 bridgehead atoms. The lowest BCUT2D eigenvalue weighted by atomic mass is 9.93. The second kappa shape index (κ2) is 8.55. The predicted molar refractivity (Wildman–Crippen MR) is 91.0 cm³/mol. The number of hydrogen-bond donors (Lipinski definition) is 0. The lowest BCUT2D eigenvalue weighted by Gasteiger charge is -2.34. The lowest BCUT2D eigenvalue weighted by molar-refractivity contribution is -0.140. The minimum atomic E-state index is -0.312. The van der Waals surface area contributed by atoms with E-state index in [1.54, 1.807) is 23.1 Å². The molecule has 1 aliphatic carbocycles. The molecule has 126 valence electrons. The van der Waals surface area contributed by atoms with E-state index in [0.29, 0.717) is 22.2 Å². The molecule has 1 aromatic rings. The maximum atomic E-state index is 12.9. The van der Waals surface area contributed by atoms with E-state index in [9.17, 15) is 9.59 Å². The van der Waals surface area contributed by atoms with E-state index in [-0.39, 0.29) is 24.3 Å². The van der Waals surface area contributed by atoms with Crippen LogP contribution in [0.5, 0.6) is 0 Å². The minimum Gasteiger partial charge on any atom is -0.469 e. The average Bonchev–Trinajstić information content (AvgIpc) is 2.58. The molecule has 6 heteroatoms. The van der Waals surface area contributed by atoms with Crippen molar-refractivity contribution in [3.63, 3.8) is 0 Å². The molecular formula is C17H21Cl2NO3. The Labute approximate surface area is 146 Å². The molecule has 0 aromatic heterocycles. The molecule has 1 fully saturated rings. The topological polar surface area (TPSA) is 46.6 Å². The van der Waals surface area contributed by atoms with Crippen LogP contribution in [0.2, 0.25) is 10.0 Å². The number of ether oxygens (including phenoxy) is 1. The van der Waals surface area contributed by atoms with Crippen LogP contribution in [0.25, 0.3) is 0 Å². The van der Waals surface area contributed by atoms with Gasteiger partial charge in [-0.1, -0.05) is 42.5 Å². The quantitative estimate of drug-likeness (QED) is 0.736. The standard InChI is InChI=1S/C17H21Cl2NO3/c1-23-16(21)9-10-20(13-5-3-2-4-6-13)17(22)12-7-8-14(18)15(19)11-12/h7-8,11,13H,2-6,9-10H2,1H3. The Morgan fingerprint density at radius 3 is 2.48 bits per heavy atom. The van der Waals surface area contributed by atoms with Gasteiger partial charge in [-0.05, 0) is 31.0 Å². The van der Waals surface area contributed by atoms with Gasteiger partial charge < -0.3 is 9.64 Å². The first-order valence-electron chi connectivity index (χ1n) is 7.85. The normalized spacial score (nSPS) is 15.3. The maximum Gasteiger partial charge on any atom is 0.307 e. The van der Waals surface area contributed by atoms with Crippen LogP contribution in [0.15, 0.2) is 18.2 Å². The highest BCUT2D eigenvalue weighted by molar-refractivity contribution is 6.42. The van der Waals surface area contributed by atoms with Crippen molar-refractivity contribution in [2.45, 2.75) is 44.6 Å². The molecule has 1 saturated carbocycles. The largest absolute Gasteiger partial charge is 0.469 e. The summed E-state index contributed by atoms with van der Waals surface area (Å²) in [5.41, 5.74) is 0.495. The first-order valence-corrected chi connectivity index (χ1v) is 8.61. The van der Waals surface area contributed by atoms with E-state index >= 15 is 0 Å². The molecular weight excluding hydrogens is 337 g/mol. The van der Waals surface area contributed by atoms with E-state index in [0.717, 1.165) is 25.7 Å². The molecule has 1 aromatic carbocycles. The first kappa shape index (κ1) is 18.1. The SMILES string of the molecule is COC(=O)CCN(C(=O)c1ccc(Cl)c(Cl)c1)C1CCCCC1. The van der Waals surface area contributed by atoms with Gasteiger partial charge in [0.05, 0.1) is 23.6 Å². The number of nitrogens with zero attached hydrogens (tertiary/aromatic N) is 1. The molecule has 0 aliphatic heterocycles. The van der Waals surface area contributed by atoms with Crippen molar-refractivity contribution in [2.24, 2.45) is 0 Å². The Kier molecular flexibility index (Phi) is 6.72. The second-order valence-electron chi connectivity index (χ2n) is 5.75. The molecule has 23 heavy (non-hydrogen) atoms. The molecule has 1 aliphatic rings. The first-order chi connectivity index (χ1) is 11.0. The third-order valence-electron chi connectivity index (χ3n) is 4.23. The van der Waals surface area contributed by atoms with Crippen LogP contribution in [0.3, 0.4) is 0 Å². The second-order valence-corrected chi connectivity index (χ2v) is 6.56. The summed E-state index contributed by atoms with van der Waals surface area (Å²) in [6.45, 7) is 0.358. The molecule has 2 rings (SSSR count). The van der Waals surface area contributed by atoms with Crippen LogP contribution in [0.1, 0.15) is 48.9 Å². The molecule has 0 radical (unpaired) electrons. The van der Waals surface area contributed by atoms with Crippen LogP contribution in [-0.4, -0.2) is 36.5 Å². The molecule has 1 amide bonds. The van der Waals surface area contributed by atoms with Crippen molar-refractivity contribution in [3.05, 3.63) is 33.8 Å². The van der Waals surface area contributed by atoms with Gasteiger partial charge in [0.25, 0.3) is 5.91 Å². The molecule has 0 heterocycles. The maximum absolute atomic E-state index is 12.9. The van der Waals surface area contributed by atoms with Crippen molar-refractivity contribution < 1.29 is 14.3 Å². The highest BCUT2D eigenvalue weighted by atomic mass is 35.5. The number of benzene rings is 1. The number of rotatable bonds is 5. The molecule has 0 atom stereocenters. The van der Waals surface area contributed by atoms with Gasteiger partial charge in [-0.25, -0.2) is 0 Å². The van der Waals surface area contributed by atoms with E-state index in [1.807, 2.05) is 0 Å². The van der Waals surface area contributed by atoms with Crippen molar-refractivity contribution in [1.29, 1.82) is 0 Å². The summed E-state index contributed by atoms with van der Waals surface area (Å²) in [6.07, 6.45) is 5.53. The summed E-state index contributed by atoms with van der Waals surface area (Å²) >= 11 is 11.9. The van der Waals surface area contributed by atoms with Crippen molar-refractivity contribution in [1.82, 2.24) is 4.90 Å². The van der Waals surface area contributed by atoms with Crippen molar-refractivity contribution in [2.75, 3.05) is 13.7 Å². The van der Waals surface area contributed by atoms with Crippen LogP contribution in [0.4, 0.5) is 0 Å². The van der Waals surface area contributed by atoms with Gasteiger partial charge in [-0.15, -0.1) is 0 Å². The van der Waals surface area contributed by atoms with E-state index in [4.69, 9.17) is 27.9 Å². The third kappa shape index (κ3) is 4.85. The Bertz CT molecular complexity index is 571. The lowest BCUT2D eigenvalue weighted by Crippen LogP contribution is -2.42. The van der Waals surface area contributed by atoms with Crippen LogP contribution in [-0.2, 0) is 9.53 Å². The summed E-state index contributed by atoms with van der Waals surface area (Å²) < 4.78 is 4.69. The summed E-state index contributed by atoms with van der Waals surface area (Å²) in [4.78, 5) is 26.1. The number of carbonyl (C=O) groups is 2. The highest BCUT2D eigenvalue weighted by Gasteiger charge is 2.27. The van der Waals surface area contributed by atoms with Gasteiger partial charge in [-0.3, -0.25) is 9.59 Å². The smallest absolute Gasteiger partial charge is 0.307 e. The average molecular weight is 358 g/mol. The zero-order valence-electron chi connectivity index (χ0n) is 13.2. The van der Waals surface area contributed by atoms with Crippen LogP contribution < -0.4 is 0 Å². The van der Waals surface area contributed by atoms with Gasteiger partial charge in [0, 0.05) is 18.2 Å². The predicted octanol–water partition coefficient (Wildman–Crippen LogP) is 4.33. The van der Waals surface area contributed by atoms with Crippen LogP contribution >= 0.6 is 23.2 Å². The Balaban J connectivity index is 2.18. The number of hydrogen-bond acceptors (Lipinski definition) is 3. The molecule has 0 spiro atoms. The van der Waals surface area contributed by atoms with E-state index in [1.165, 1.54) is 13.5 Å². The minimum absolute atomic E-state index is 0.112. The van der Waals surface area contributed by atoms with Gasteiger partial charge >= 0.3 is 5.97 Å². The number of carbonyl (C=O) groups excluding carboxylic acids is 2. The van der Waals surface area contributed by atoms with Gasteiger partial charge in [-0.2, -0.15) is 0 Å². The molecule has 0 N–H and O–H groups in total. The number of halogens is 2. The van der Waals surface area contributed by atoms with Crippen molar-refractivity contribution >= 4 is 35.1 Å². The monoisotopic (exact) mass is 357 g/mol. The zero-order chi connectivity index (χ0) is 16.8. The summed E-state index contributed by atoms with van der Waals surface area (Å²) in [5, 5.41) is 0.774. The van der Waals surface area contributed by atoms with Crippen LogP contribution in [0, 0.1) is 0 Å². The third-order valence-corrected chi connectivity index (χ3v) is 4.97. The summed E-state index contributed by atoms with van der Waals surface area (Å²) in [6, 6.07) is 5.04. The molecule has 0 unspecified atom stereocenters. The summed E-state index contributed by atoms with van der Waals surface area (Å²) in [7, 11) is 1.36. The van der Waals surface area contributed by atoms with E-state index in [2.05, 4.69) is 0 Å². The fraction of sp³-hybridized carbons (Fsp3) is 0.529. The van der Waals surface area contributed by atoms with Gasteiger partial charge in [0.1, 0.15) is 0 Å². The zero-order valence-corrected chi connectivity index (χ0v) is 14.7. The Hall–Kier alpha value is -1.26. The number of amides is 1. The number of esters is 1. The van der Waals surface area contributed by atoms with Crippen molar-refractivity contribution in [3.8, 4) is 0 Å². The van der Waals surface area contributed by atoms with Gasteiger partial charge in [0.2, 0.25) is 0 Å². The fourth-order valence-electron chi connectivity index (χ4n) is 2.95. The summed E-state index contributed by atoms with van der Waals surface area (Å²) in [5.74, 6) is -0.424. The molecule has 0 saturated heterocycles. The highest BCUT2D eigenvalue weighted by Crippen LogP contribution is 2.27. The molecule has 4 nitrogen and oxygen atoms in total. The Morgan fingerprint density at radius 2 is 1.87 bits per heavy atom. The number of methoxy groups -OCH3 is 1. The van der Waals surface area contributed by atoms with E-state index < -0.39 is 0 Å². The van der Waals surface area contributed by atoms with Gasteiger partial charge in [0.15, 0.2) is 0 Å². The Morgan fingerprint density at radius 1 is 1.17 bits per heavy atom.